The van der Waals surface area contributed by atoms with Crippen LogP contribution in [-0.4, -0.2) is 22.4 Å². The quantitative estimate of drug-likeness (QED) is 0.0639. The summed E-state index contributed by atoms with van der Waals surface area (Å²) in [4.78, 5) is 0. The zero-order valence-corrected chi connectivity index (χ0v) is 33.2. The summed E-state index contributed by atoms with van der Waals surface area (Å²) >= 11 is 0. The van der Waals surface area contributed by atoms with Gasteiger partial charge in [-0.15, -0.1) is 0 Å². The zero-order valence-electron chi connectivity index (χ0n) is 33.2. The van der Waals surface area contributed by atoms with Gasteiger partial charge in [0, 0.05) is 5.92 Å². The van der Waals surface area contributed by atoms with Gasteiger partial charge in [0.05, 0.1) is 12.2 Å². The predicted octanol–water partition coefficient (Wildman–Crippen LogP) is 15.6. The molecule has 0 unspecified atom stereocenters. The van der Waals surface area contributed by atoms with Crippen LogP contribution in [0.2, 0.25) is 0 Å². The van der Waals surface area contributed by atoms with Crippen molar-refractivity contribution in [3.8, 4) is 0 Å². The lowest BCUT2D eigenvalue weighted by Crippen LogP contribution is -2.40. The fraction of sp³-hybridized carbons (Fsp3) is 0.978. The summed E-state index contributed by atoms with van der Waals surface area (Å²) < 4.78 is 0. The van der Waals surface area contributed by atoms with Crippen molar-refractivity contribution >= 4 is 0 Å². The third kappa shape index (κ3) is 32.9. The molecular formula is C45H91O2. The predicted molar refractivity (Wildman–Crippen MR) is 212 cm³/mol. The van der Waals surface area contributed by atoms with Gasteiger partial charge in [0.15, 0.2) is 0 Å². The highest BCUT2D eigenvalue weighted by Crippen LogP contribution is 2.35. The first kappa shape index (κ1) is 46.9. The van der Waals surface area contributed by atoms with Crippen molar-refractivity contribution in [3.63, 3.8) is 0 Å². The monoisotopic (exact) mass is 664 g/mol. The molecule has 0 saturated carbocycles. The van der Waals surface area contributed by atoms with E-state index in [-0.39, 0.29) is 6.61 Å². The first-order valence-electron chi connectivity index (χ1n) is 22.3. The molecule has 0 aliphatic heterocycles. The normalized spacial score (nSPS) is 13.1. The minimum Gasteiger partial charge on any atom is -0.393 e. The standard InChI is InChI=1S/C45H91O2/c1-4-7-10-13-16-19-22-25-28-31-34-37-40-44(41-38-35-32-29-26-23-20-17-14-11-8-5-2)45(47,43-46)42-39-36-33-30-27-24-21-18-15-12-9-6-3/h46-47H,4-43H2,1-3H3/t45-/m1/s1. The number of aliphatic hydroxyl groups is 2. The number of rotatable bonds is 41. The second-order valence-corrected chi connectivity index (χ2v) is 15.7. The topological polar surface area (TPSA) is 40.5 Å². The Morgan fingerprint density at radius 3 is 0.766 bits per heavy atom. The molecule has 0 aromatic rings. The highest BCUT2D eigenvalue weighted by molar-refractivity contribution is 5.08. The first-order valence-corrected chi connectivity index (χ1v) is 22.3. The maximum absolute atomic E-state index is 11.7. The number of hydrogen-bond acceptors (Lipinski definition) is 2. The van der Waals surface area contributed by atoms with Crippen molar-refractivity contribution in [2.45, 2.75) is 277 Å². The molecule has 0 heterocycles. The summed E-state index contributed by atoms with van der Waals surface area (Å²) in [6.07, 6.45) is 51.6. The van der Waals surface area contributed by atoms with Gasteiger partial charge >= 0.3 is 0 Å². The van der Waals surface area contributed by atoms with E-state index in [1.165, 1.54) is 231 Å². The molecule has 0 spiro atoms. The molecule has 0 aliphatic carbocycles. The van der Waals surface area contributed by atoms with Crippen LogP contribution in [-0.2, 0) is 0 Å². The molecule has 47 heavy (non-hydrogen) atoms. The SMILES string of the molecule is CCCCCCCCCCCCCC[C](CCCCCCCCCCCCCC)[C@](O)(CO)CCCCCCCCCCCCCC. The third-order valence-electron chi connectivity index (χ3n) is 11.0. The fourth-order valence-corrected chi connectivity index (χ4v) is 7.58. The first-order chi connectivity index (χ1) is 23.1. The van der Waals surface area contributed by atoms with E-state index in [2.05, 4.69) is 20.8 Å². The molecule has 1 radical (unpaired) electrons. The Morgan fingerprint density at radius 2 is 0.532 bits per heavy atom. The van der Waals surface area contributed by atoms with Crippen LogP contribution in [0, 0.1) is 5.92 Å². The summed E-state index contributed by atoms with van der Waals surface area (Å²) in [5.41, 5.74) is -0.950. The van der Waals surface area contributed by atoms with Crippen molar-refractivity contribution in [2.24, 2.45) is 0 Å². The van der Waals surface area contributed by atoms with E-state index in [4.69, 9.17) is 0 Å². The van der Waals surface area contributed by atoms with E-state index in [0.717, 1.165) is 25.7 Å². The molecule has 283 valence electrons. The van der Waals surface area contributed by atoms with E-state index >= 15 is 0 Å². The average molecular weight is 664 g/mol. The second kappa shape index (κ2) is 38.7. The third-order valence-corrected chi connectivity index (χ3v) is 11.0. The summed E-state index contributed by atoms with van der Waals surface area (Å²) in [7, 11) is 0. The number of aliphatic hydroxyl groups excluding tert-OH is 1. The van der Waals surface area contributed by atoms with Crippen LogP contribution in [0.15, 0.2) is 0 Å². The largest absolute Gasteiger partial charge is 0.393 e. The molecule has 0 aliphatic rings. The molecule has 0 fully saturated rings. The van der Waals surface area contributed by atoms with Gasteiger partial charge in [0.1, 0.15) is 0 Å². The van der Waals surface area contributed by atoms with Crippen LogP contribution in [0.25, 0.3) is 0 Å². The molecule has 0 aromatic heterocycles. The highest BCUT2D eigenvalue weighted by Gasteiger charge is 2.35. The van der Waals surface area contributed by atoms with Crippen LogP contribution in [0.1, 0.15) is 271 Å². The van der Waals surface area contributed by atoms with E-state index < -0.39 is 5.60 Å². The van der Waals surface area contributed by atoms with Crippen LogP contribution >= 0.6 is 0 Å². The molecule has 2 nitrogen and oxygen atoms in total. The number of unbranched alkanes of at least 4 members (excludes halogenated alkanes) is 33. The van der Waals surface area contributed by atoms with Crippen molar-refractivity contribution in [1.82, 2.24) is 0 Å². The smallest absolute Gasteiger partial charge is 0.0939 e. The zero-order chi connectivity index (χ0) is 34.4. The minimum absolute atomic E-state index is 0.0864. The molecule has 0 aromatic carbocycles. The van der Waals surface area contributed by atoms with Gasteiger partial charge in [-0.2, -0.15) is 0 Å². The van der Waals surface area contributed by atoms with Crippen LogP contribution in [0.3, 0.4) is 0 Å². The highest BCUT2D eigenvalue weighted by atomic mass is 16.3. The average Bonchev–Trinajstić information content (AvgIpc) is 3.08. The van der Waals surface area contributed by atoms with E-state index in [1.807, 2.05) is 0 Å². The van der Waals surface area contributed by atoms with Gasteiger partial charge in [-0.25, -0.2) is 0 Å². The van der Waals surface area contributed by atoms with Crippen molar-refractivity contribution in [1.29, 1.82) is 0 Å². The summed E-state index contributed by atoms with van der Waals surface area (Å²) in [5, 5.41) is 22.2. The summed E-state index contributed by atoms with van der Waals surface area (Å²) in [6.45, 7) is 6.80. The van der Waals surface area contributed by atoms with Gasteiger partial charge in [0.2, 0.25) is 0 Å². The Balaban J connectivity index is 4.35. The van der Waals surface area contributed by atoms with Crippen LogP contribution in [0.5, 0.6) is 0 Å². The van der Waals surface area contributed by atoms with E-state index in [9.17, 15) is 10.2 Å². The van der Waals surface area contributed by atoms with Gasteiger partial charge in [-0.3, -0.25) is 0 Å². The molecule has 0 rings (SSSR count). The Bertz CT molecular complexity index is 534. The maximum atomic E-state index is 11.7. The number of hydrogen-bond donors (Lipinski definition) is 2. The lowest BCUT2D eigenvalue weighted by Gasteiger charge is -2.35. The van der Waals surface area contributed by atoms with Crippen molar-refractivity contribution < 1.29 is 10.2 Å². The summed E-state index contributed by atoms with van der Waals surface area (Å²) in [6, 6.07) is 0. The Kier molecular flexibility index (Phi) is 38.7. The molecule has 0 saturated heterocycles. The Labute approximate surface area is 298 Å². The minimum atomic E-state index is -0.950. The maximum Gasteiger partial charge on any atom is 0.0939 e. The molecule has 2 N–H and O–H groups in total. The van der Waals surface area contributed by atoms with Crippen LogP contribution in [0.4, 0.5) is 0 Å². The lowest BCUT2D eigenvalue weighted by atomic mass is 9.77. The van der Waals surface area contributed by atoms with Gasteiger partial charge in [0.25, 0.3) is 0 Å². The molecule has 0 amide bonds. The molecule has 0 bridgehead atoms. The van der Waals surface area contributed by atoms with Gasteiger partial charge in [-0.1, -0.05) is 252 Å². The van der Waals surface area contributed by atoms with E-state index in [1.54, 1.807) is 0 Å². The fourth-order valence-electron chi connectivity index (χ4n) is 7.58. The van der Waals surface area contributed by atoms with Gasteiger partial charge in [-0.05, 0) is 19.3 Å². The molecule has 2 heteroatoms. The molecule has 1 atom stereocenters. The van der Waals surface area contributed by atoms with E-state index in [0.29, 0.717) is 0 Å². The van der Waals surface area contributed by atoms with Crippen molar-refractivity contribution in [3.05, 3.63) is 5.92 Å². The van der Waals surface area contributed by atoms with Crippen molar-refractivity contribution in [2.75, 3.05) is 6.61 Å². The Morgan fingerprint density at radius 1 is 0.319 bits per heavy atom. The second-order valence-electron chi connectivity index (χ2n) is 15.7. The Hall–Kier alpha value is -0.0800. The van der Waals surface area contributed by atoms with Crippen LogP contribution < -0.4 is 0 Å². The van der Waals surface area contributed by atoms with Gasteiger partial charge < -0.3 is 10.2 Å². The lowest BCUT2D eigenvalue weighted by molar-refractivity contribution is -0.0179. The summed E-state index contributed by atoms with van der Waals surface area (Å²) in [5.74, 6) is 1.28. The molecular weight excluding hydrogens is 572 g/mol.